The van der Waals surface area contributed by atoms with Crippen LogP contribution in [0.2, 0.25) is 0 Å². The van der Waals surface area contributed by atoms with Gasteiger partial charge in [0.05, 0.1) is 11.7 Å². The van der Waals surface area contributed by atoms with Gasteiger partial charge in [0.25, 0.3) is 0 Å². The molecular formula is C16H15BrFN. The van der Waals surface area contributed by atoms with Gasteiger partial charge >= 0.3 is 0 Å². The molecule has 0 bridgehead atoms. The van der Waals surface area contributed by atoms with E-state index in [4.69, 9.17) is 0 Å². The van der Waals surface area contributed by atoms with Gasteiger partial charge < -0.3 is 5.32 Å². The van der Waals surface area contributed by atoms with Gasteiger partial charge in [-0.15, -0.1) is 0 Å². The summed E-state index contributed by atoms with van der Waals surface area (Å²) in [6, 6.07) is 11.9. The van der Waals surface area contributed by atoms with E-state index < -0.39 is 0 Å². The highest BCUT2D eigenvalue weighted by Crippen LogP contribution is 2.35. The van der Waals surface area contributed by atoms with E-state index in [-0.39, 0.29) is 11.9 Å². The summed E-state index contributed by atoms with van der Waals surface area (Å²) < 4.78 is 14.6. The summed E-state index contributed by atoms with van der Waals surface area (Å²) in [5.41, 5.74) is 4.51. The number of nitrogens with one attached hydrogen (secondary N) is 1. The molecule has 0 heterocycles. The monoisotopic (exact) mass is 319 g/mol. The van der Waals surface area contributed by atoms with Crippen LogP contribution in [0.25, 0.3) is 0 Å². The molecule has 0 saturated heterocycles. The first-order valence-corrected chi connectivity index (χ1v) is 7.24. The zero-order valence-electron chi connectivity index (χ0n) is 10.7. The van der Waals surface area contributed by atoms with Crippen molar-refractivity contribution in [3.05, 3.63) is 63.4 Å². The lowest BCUT2D eigenvalue weighted by Gasteiger charge is -2.16. The number of benzene rings is 2. The van der Waals surface area contributed by atoms with Gasteiger partial charge in [0.1, 0.15) is 5.82 Å². The molecule has 1 N–H and O–H groups in total. The highest BCUT2D eigenvalue weighted by molar-refractivity contribution is 9.10. The molecule has 0 aliphatic heterocycles. The largest absolute Gasteiger partial charge is 0.376 e. The predicted molar refractivity (Wildman–Crippen MR) is 80.0 cm³/mol. The van der Waals surface area contributed by atoms with E-state index in [1.807, 2.05) is 6.07 Å². The molecule has 0 aromatic heterocycles. The molecule has 1 aliphatic carbocycles. The van der Waals surface area contributed by atoms with Crippen LogP contribution in [0, 0.1) is 12.7 Å². The molecule has 19 heavy (non-hydrogen) atoms. The van der Waals surface area contributed by atoms with E-state index in [1.54, 1.807) is 6.07 Å². The molecule has 2 aromatic carbocycles. The standard InChI is InChI=1S/C16H15BrFN/c1-10-2-3-11-4-6-15(13(11)8-10)19-16-7-5-12(17)9-14(16)18/h2-3,5,7-9,15,19H,4,6H2,1H3. The number of hydrogen-bond acceptors (Lipinski definition) is 1. The van der Waals surface area contributed by atoms with Gasteiger partial charge in [-0.05, 0) is 49.1 Å². The van der Waals surface area contributed by atoms with Crippen LogP contribution in [0.15, 0.2) is 40.9 Å². The minimum absolute atomic E-state index is 0.213. The summed E-state index contributed by atoms with van der Waals surface area (Å²) in [5.74, 6) is -0.213. The van der Waals surface area contributed by atoms with Crippen molar-refractivity contribution < 1.29 is 4.39 Å². The third-order valence-corrected chi connectivity index (χ3v) is 4.13. The fraction of sp³-hybridized carbons (Fsp3) is 0.250. The second-order valence-corrected chi connectivity index (χ2v) is 5.98. The molecule has 0 fully saturated rings. The van der Waals surface area contributed by atoms with Gasteiger partial charge in [0, 0.05) is 4.47 Å². The van der Waals surface area contributed by atoms with E-state index in [9.17, 15) is 4.39 Å². The van der Waals surface area contributed by atoms with Crippen LogP contribution in [0.1, 0.15) is 29.2 Å². The Morgan fingerprint density at radius 3 is 2.84 bits per heavy atom. The predicted octanol–water partition coefficient (Wildman–Crippen LogP) is 5.00. The molecule has 1 nitrogen and oxygen atoms in total. The quantitative estimate of drug-likeness (QED) is 0.821. The molecule has 1 atom stereocenters. The molecule has 3 heteroatoms. The van der Waals surface area contributed by atoms with Crippen LogP contribution >= 0.6 is 15.9 Å². The second-order valence-electron chi connectivity index (χ2n) is 5.06. The van der Waals surface area contributed by atoms with Crippen molar-refractivity contribution in [2.24, 2.45) is 0 Å². The van der Waals surface area contributed by atoms with Crippen LogP contribution in [-0.2, 0) is 6.42 Å². The Labute approximate surface area is 121 Å². The number of rotatable bonds is 2. The van der Waals surface area contributed by atoms with Crippen LogP contribution in [0.3, 0.4) is 0 Å². The van der Waals surface area contributed by atoms with Crippen molar-refractivity contribution in [3.8, 4) is 0 Å². The maximum atomic E-state index is 13.9. The summed E-state index contributed by atoms with van der Waals surface area (Å²) in [4.78, 5) is 0. The van der Waals surface area contributed by atoms with E-state index >= 15 is 0 Å². The summed E-state index contributed by atoms with van der Waals surface area (Å²) in [6.45, 7) is 2.09. The van der Waals surface area contributed by atoms with Crippen molar-refractivity contribution in [1.29, 1.82) is 0 Å². The average molecular weight is 320 g/mol. The summed E-state index contributed by atoms with van der Waals surface area (Å²) in [7, 11) is 0. The first kappa shape index (κ1) is 12.7. The molecule has 0 saturated carbocycles. The molecule has 3 rings (SSSR count). The Morgan fingerprint density at radius 2 is 2.05 bits per heavy atom. The second kappa shape index (κ2) is 4.97. The maximum absolute atomic E-state index is 13.9. The van der Waals surface area contributed by atoms with E-state index in [1.165, 1.54) is 22.8 Å². The summed E-state index contributed by atoms with van der Waals surface area (Å²) in [5, 5.41) is 3.32. The SMILES string of the molecule is Cc1ccc2c(c1)C(Nc1ccc(Br)cc1F)CC2. The van der Waals surface area contributed by atoms with Crippen molar-refractivity contribution in [1.82, 2.24) is 0 Å². The van der Waals surface area contributed by atoms with Gasteiger partial charge in [-0.25, -0.2) is 4.39 Å². The lowest BCUT2D eigenvalue weighted by Crippen LogP contribution is -2.08. The number of fused-ring (bicyclic) bond motifs is 1. The van der Waals surface area contributed by atoms with E-state index in [0.29, 0.717) is 5.69 Å². The normalized spacial score (nSPS) is 17.3. The van der Waals surface area contributed by atoms with Crippen molar-refractivity contribution in [3.63, 3.8) is 0 Å². The zero-order valence-corrected chi connectivity index (χ0v) is 12.3. The molecule has 0 radical (unpaired) electrons. The lowest BCUT2D eigenvalue weighted by atomic mass is 10.0. The van der Waals surface area contributed by atoms with Crippen LogP contribution in [0.5, 0.6) is 0 Å². The van der Waals surface area contributed by atoms with Gasteiger partial charge in [0.2, 0.25) is 0 Å². The van der Waals surface area contributed by atoms with Crippen LogP contribution in [0.4, 0.5) is 10.1 Å². The third kappa shape index (κ3) is 2.52. The zero-order chi connectivity index (χ0) is 13.4. The van der Waals surface area contributed by atoms with Crippen molar-refractivity contribution in [2.45, 2.75) is 25.8 Å². The third-order valence-electron chi connectivity index (χ3n) is 3.64. The smallest absolute Gasteiger partial charge is 0.147 e. The molecule has 0 amide bonds. The van der Waals surface area contributed by atoms with Crippen molar-refractivity contribution in [2.75, 3.05) is 5.32 Å². The minimum atomic E-state index is -0.213. The maximum Gasteiger partial charge on any atom is 0.147 e. The fourth-order valence-electron chi connectivity index (χ4n) is 2.67. The number of halogens is 2. The first-order chi connectivity index (χ1) is 9.13. The molecule has 98 valence electrons. The topological polar surface area (TPSA) is 12.0 Å². The Balaban J connectivity index is 1.88. The molecule has 0 spiro atoms. The summed E-state index contributed by atoms with van der Waals surface area (Å²) >= 11 is 3.28. The Bertz CT molecular complexity index is 624. The molecule has 1 aliphatic rings. The first-order valence-electron chi connectivity index (χ1n) is 6.44. The van der Waals surface area contributed by atoms with Gasteiger partial charge in [-0.2, -0.15) is 0 Å². The molecule has 1 unspecified atom stereocenters. The number of aryl methyl sites for hydroxylation is 2. The Kier molecular flexibility index (Phi) is 3.31. The van der Waals surface area contributed by atoms with Crippen LogP contribution in [-0.4, -0.2) is 0 Å². The average Bonchev–Trinajstić information content (AvgIpc) is 2.75. The van der Waals surface area contributed by atoms with Gasteiger partial charge in [-0.3, -0.25) is 0 Å². The van der Waals surface area contributed by atoms with E-state index in [0.717, 1.165) is 17.3 Å². The fourth-order valence-corrected chi connectivity index (χ4v) is 3.00. The van der Waals surface area contributed by atoms with Crippen LogP contribution < -0.4 is 5.32 Å². The highest BCUT2D eigenvalue weighted by Gasteiger charge is 2.22. The molecule has 2 aromatic rings. The number of anilines is 1. The molecular weight excluding hydrogens is 305 g/mol. The Morgan fingerprint density at radius 1 is 1.21 bits per heavy atom. The van der Waals surface area contributed by atoms with Crippen molar-refractivity contribution >= 4 is 21.6 Å². The minimum Gasteiger partial charge on any atom is -0.376 e. The number of hydrogen-bond donors (Lipinski definition) is 1. The Hall–Kier alpha value is -1.35. The van der Waals surface area contributed by atoms with E-state index in [2.05, 4.69) is 46.4 Å². The highest BCUT2D eigenvalue weighted by atomic mass is 79.9. The summed E-state index contributed by atoms with van der Waals surface area (Å²) in [6.07, 6.45) is 2.08. The van der Waals surface area contributed by atoms with Gasteiger partial charge in [0.15, 0.2) is 0 Å². The lowest BCUT2D eigenvalue weighted by molar-refractivity contribution is 0.624. The van der Waals surface area contributed by atoms with Gasteiger partial charge in [-0.1, -0.05) is 39.7 Å².